The molecule has 0 N–H and O–H groups in total. The fourth-order valence-electron chi connectivity index (χ4n) is 3.04. The molecule has 0 spiro atoms. The Kier molecular flexibility index (Phi) is 6.06. The van der Waals surface area contributed by atoms with Gasteiger partial charge in [-0.3, -0.25) is 0 Å². The van der Waals surface area contributed by atoms with Gasteiger partial charge in [-0.1, -0.05) is 29.8 Å². The number of rotatable bonds is 6. The van der Waals surface area contributed by atoms with Gasteiger partial charge < -0.3 is 9.47 Å². The molecule has 0 atom stereocenters. The van der Waals surface area contributed by atoms with Crippen molar-refractivity contribution in [2.24, 2.45) is 5.92 Å². The van der Waals surface area contributed by atoms with Gasteiger partial charge in [0.1, 0.15) is 16.4 Å². The maximum Gasteiger partial charge on any atom is 0.246 e. The lowest BCUT2D eigenvalue weighted by molar-refractivity contribution is 0.185. The van der Waals surface area contributed by atoms with E-state index in [0.717, 1.165) is 18.6 Å². The number of piperidine rings is 1. The Hall–Kier alpha value is -1.76. The highest BCUT2D eigenvalue weighted by molar-refractivity contribution is 7.89. The minimum absolute atomic E-state index is 0.117. The molecule has 0 saturated carbocycles. The average molecular weight is 396 g/mol. The van der Waals surface area contributed by atoms with Crippen LogP contribution in [-0.4, -0.2) is 39.5 Å². The Labute approximate surface area is 159 Å². The quantitative estimate of drug-likeness (QED) is 0.745. The molecule has 1 heterocycles. The highest BCUT2D eigenvalue weighted by Gasteiger charge is 2.31. The first-order chi connectivity index (χ1) is 12.5. The molecule has 1 saturated heterocycles. The molecule has 0 aliphatic carbocycles. The molecule has 26 heavy (non-hydrogen) atoms. The standard InChI is InChI=1S/C19H22ClNO4S/c1-24-18-8-7-16(20)13-19(18)26(22,23)21-11-9-15(10-12-21)14-25-17-5-3-2-4-6-17/h2-8,13,15H,9-12,14H2,1H3. The maximum atomic E-state index is 13.0. The van der Waals surface area contributed by atoms with Gasteiger partial charge in [0.15, 0.2) is 0 Å². The Bertz CT molecular complexity index is 834. The van der Waals surface area contributed by atoms with Gasteiger partial charge in [-0.15, -0.1) is 0 Å². The van der Waals surface area contributed by atoms with Crippen molar-refractivity contribution in [1.82, 2.24) is 4.31 Å². The molecule has 0 unspecified atom stereocenters. The largest absolute Gasteiger partial charge is 0.495 e. The van der Waals surface area contributed by atoms with E-state index in [1.54, 1.807) is 12.1 Å². The lowest BCUT2D eigenvalue weighted by Crippen LogP contribution is -2.39. The predicted molar refractivity (Wildman–Crippen MR) is 101 cm³/mol. The number of hydrogen-bond donors (Lipinski definition) is 0. The molecule has 7 heteroatoms. The van der Waals surface area contributed by atoms with Gasteiger partial charge in [-0.25, -0.2) is 8.42 Å². The summed E-state index contributed by atoms with van der Waals surface area (Å²) in [5, 5.41) is 0.371. The van der Waals surface area contributed by atoms with E-state index in [4.69, 9.17) is 21.1 Å². The van der Waals surface area contributed by atoms with Gasteiger partial charge in [0.05, 0.1) is 13.7 Å². The number of sulfonamides is 1. The summed E-state index contributed by atoms with van der Waals surface area (Å²) in [6.45, 7) is 1.51. The Morgan fingerprint density at radius 2 is 1.81 bits per heavy atom. The van der Waals surface area contributed by atoms with E-state index in [2.05, 4.69) is 0 Å². The molecule has 5 nitrogen and oxygen atoms in total. The summed E-state index contributed by atoms with van der Waals surface area (Å²) in [7, 11) is -2.18. The zero-order chi connectivity index (χ0) is 18.6. The van der Waals surface area contributed by atoms with Crippen LogP contribution in [0.15, 0.2) is 53.4 Å². The van der Waals surface area contributed by atoms with Gasteiger partial charge in [-0.2, -0.15) is 4.31 Å². The van der Waals surface area contributed by atoms with Crippen molar-refractivity contribution < 1.29 is 17.9 Å². The van der Waals surface area contributed by atoms with E-state index in [-0.39, 0.29) is 4.90 Å². The number of hydrogen-bond acceptors (Lipinski definition) is 4. The van der Waals surface area contributed by atoms with E-state index in [1.165, 1.54) is 17.5 Å². The van der Waals surface area contributed by atoms with Crippen molar-refractivity contribution in [1.29, 1.82) is 0 Å². The predicted octanol–water partition coefficient (Wildman–Crippen LogP) is 3.83. The van der Waals surface area contributed by atoms with Crippen LogP contribution in [0, 0.1) is 5.92 Å². The lowest BCUT2D eigenvalue weighted by atomic mass is 9.99. The zero-order valence-corrected chi connectivity index (χ0v) is 16.2. The first-order valence-electron chi connectivity index (χ1n) is 8.52. The third-order valence-corrected chi connectivity index (χ3v) is 6.70. The third-order valence-electron chi connectivity index (χ3n) is 4.55. The monoisotopic (exact) mass is 395 g/mol. The van der Waals surface area contributed by atoms with Crippen LogP contribution >= 0.6 is 11.6 Å². The molecule has 2 aromatic rings. The number of ether oxygens (including phenoxy) is 2. The highest BCUT2D eigenvalue weighted by atomic mass is 35.5. The van der Waals surface area contributed by atoms with E-state index in [0.29, 0.717) is 36.4 Å². The van der Waals surface area contributed by atoms with Gasteiger partial charge in [0.25, 0.3) is 0 Å². The van der Waals surface area contributed by atoms with Crippen molar-refractivity contribution in [2.75, 3.05) is 26.8 Å². The summed E-state index contributed by atoms with van der Waals surface area (Å²) in [6.07, 6.45) is 1.52. The second-order valence-electron chi connectivity index (χ2n) is 6.27. The van der Waals surface area contributed by atoms with Crippen LogP contribution in [0.3, 0.4) is 0 Å². The first kappa shape index (κ1) is 19.0. The Morgan fingerprint density at radius 3 is 2.46 bits per heavy atom. The molecule has 1 aliphatic rings. The van der Waals surface area contributed by atoms with Crippen molar-refractivity contribution in [3.05, 3.63) is 53.6 Å². The van der Waals surface area contributed by atoms with Crippen molar-refractivity contribution in [2.45, 2.75) is 17.7 Å². The number of benzene rings is 2. The number of para-hydroxylation sites is 1. The summed E-state index contributed by atoms with van der Waals surface area (Å²) in [6, 6.07) is 14.3. The number of methoxy groups -OCH3 is 1. The topological polar surface area (TPSA) is 55.8 Å². The third kappa shape index (κ3) is 4.31. The van der Waals surface area contributed by atoms with Crippen LogP contribution in [0.4, 0.5) is 0 Å². The Morgan fingerprint density at radius 1 is 1.12 bits per heavy atom. The molecule has 0 amide bonds. The van der Waals surface area contributed by atoms with Crippen LogP contribution in [0.2, 0.25) is 5.02 Å². The summed E-state index contributed by atoms with van der Waals surface area (Å²) < 4.78 is 38.4. The van der Waals surface area contributed by atoms with E-state index < -0.39 is 10.0 Å². The number of halogens is 1. The number of nitrogens with zero attached hydrogens (tertiary/aromatic N) is 1. The van der Waals surface area contributed by atoms with Gasteiger partial charge >= 0.3 is 0 Å². The molecule has 1 fully saturated rings. The lowest BCUT2D eigenvalue weighted by Gasteiger charge is -2.31. The second-order valence-corrected chi connectivity index (χ2v) is 8.61. The minimum Gasteiger partial charge on any atom is -0.495 e. The molecule has 1 aliphatic heterocycles. The van der Waals surface area contributed by atoms with Crippen LogP contribution < -0.4 is 9.47 Å². The average Bonchev–Trinajstić information content (AvgIpc) is 2.67. The molecule has 0 aromatic heterocycles. The molecule has 140 valence electrons. The minimum atomic E-state index is -3.63. The van der Waals surface area contributed by atoms with E-state index in [1.807, 2.05) is 30.3 Å². The summed E-state index contributed by atoms with van der Waals surface area (Å²) in [4.78, 5) is 0.117. The van der Waals surface area contributed by atoms with Crippen molar-refractivity contribution in [3.63, 3.8) is 0 Å². The second kappa shape index (κ2) is 8.29. The molecular formula is C19H22ClNO4S. The fraction of sp³-hybridized carbons (Fsp3) is 0.368. The van der Waals surface area contributed by atoms with Crippen LogP contribution in [-0.2, 0) is 10.0 Å². The Balaban J connectivity index is 1.63. The molecule has 3 rings (SSSR count). The summed E-state index contributed by atoms with van der Waals surface area (Å²) in [5.74, 6) is 1.48. The zero-order valence-electron chi connectivity index (χ0n) is 14.6. The van der Waals surface area contributed by atoms with Crippen molar-refractivity contribution in [3.8, 4) is 11.5 Å². The maximum absolute atomic E-state index is 13.0. The van der Waals surface area contributed by atoms with Crippen molar-refractivity contribution >= 4 is 21.6 Å². The van der Waals surface area contributed by atoms with Gasteiger partial charge in [-0.05, 0) is 49.1 Å². The summed E-state index contributed by atoms with van der Waals surface area (Å²) in [5.41, 5.74) is 0. The van der Waals surface area contributed by atoms with E-state index in [9.17, 15) is 8.42 Å². The van der Waals surface area contributed by atoms with Gasteiger partial charge in [0.2, 0.25) is 10.0 Å². The molecule has 2 aromatic carbocycles. The normalized spacial score (nSPS) is 16.4. The molecule has 0 bridgehead atoms. The van der Waals surface area contributed by atoms with Crippen LogP contribution in [0.1, 0.15) is 12.8 Å². The smallest absolute Gasteiger partial charge is 0.246 e. The summed E-state index contributed by atoms with van der Waals surface area (Å²) >= 11 is 5.99. The van der Waals surface area contributed by atoms with Gasteiger partial charge in [0, 0.05) is 18.1 Å². The molecular weight excluding hydrogens is 374 g/mol. The SMILES string of the molecule is COc1ccc(Cl)cc1S(=O)(=O)N1CCC(COc2ccccc2)CC1. The van der Waals surface area contributed by atoms with E-state index >= 15 is 0 Å². The van der Waals surface area contributed by atoms with Crippen LogP contribution in [0.5, 0.6) is 11.5 Å². The first-order valence-corrected chi connectivity index (χ1v) is 10.3. The molecule has 0 radical (unpaired) electrons. The highest BCUT2D eigenvalue weighted by Crippen LogP contribution is 2.32. The van der Waals surface area contributed by atoms with Crippen LogP contribution in [0.25, 0.3) is 0 Å². The fourth-order valence-corrected chi connectivity index (χ4v) is 4.93.